The van der Waals surface area contributed by atoms with Crippen LogP contribution >= 0.6 is 0 Å². The number of aromatic nitrogens is 1. The molecule has 2 rings (SSSR count). The van der Waals surface area contributed by atoms with Crippen molar-refractivity contribution in [1.29, 1.82) is 0 Å². The number of pyridine rings is 1. The van der Waals surface area contributed by atoms with E-state index in [1.807, 2.05) is 43.3 Å². The molecule has 1 heterocycles. The number of benzene rings is 1. The molecular weight excluding hydrogens is 250 g/mol. The predicted octanol–water partition coefficient (Wildman–Crippen LogP) is 2.96. The van der Waals surface area contributed by atoms with Gasteiger partial charge in [-0.05, 0) is 30.7 Å². The summed E-state index contributed by atoms with van der Waals surface area (Å²) in [4.78, 5) is 18.6. The summed E-state index contributed by atoms with van der Waals surface area (Å²) in [7, 11) is 3.58. The van der Waals surface area contributed by atoms with Crippen molar-refractivity contribution in [2.24, 2.45) is 0 Å². The number of amides is 1. The summed E-state index contributed by atoms with van der Waals surface area (Å²) in [6.45, 7) is 2.02. The van der Waals surface area contributed by atoms with E-state index in [0.29, 0.717) is 11.4 Å². The number of aryl methyl sites for hydroxylation is 1. The zero-order chi connectivity index (χ0) is 14.5. The largest absolute Gasteiger partial charge is 0.373 e. The van der Waals surface area contributed by atoms with E-state index >= 15 is 0 Å². The van der Waals surface area contributed by atoms with Crippen molar-refractivity contribution in [3.8, 4) is 0 Å². The van der Waals surface area contributed by atoms with Crippen LogP contribution in [0.4, 0.5) is 11.5 Å². The van der Waals surface area contributed by atoms with Crippen LogP contribution in [0.2, 0.25) is 0 Å². The van der Waals surface area contributed by atoms with Crippen LogP contribution in [0, 0.1) is 0 Å². The van der Waals surface area contributed by atoms with E-state index < -0.39 is 0 Å². The van der Waals surface area contributed by atoms with E-state index in [1.165, 1.54) is 0 Å². The van der Waals surface area contributed by atoms with Crippen molar-refractivity contribution in [2.45, 2.75) is 13.3 Å². The summed E-state index contributed by atoms with van der Waals surface area (Å²) in [5.41, 5.74) is 2.42. The molecule has 0 unspecified atom stereocenters. The van der Waals surface area contributed by atoms with Crippen LogP contribution in [0.5, 0.6) is 0 Å². The topological polar surface area (TPSA) is 45.2 Å². The summed E-state index contributed by atoms with van der Waals surface area (Å²) < 4.78 is 0. The molecule has 0 fully saturated rings. The van der Waals surface area contributed by atoms with Crippen molar-refractivity contribution in [3.63, 3.8) is 0 Å². The Morgan fingerprint density at radius 1 is 1.25 bits per heavy atom. The number of hydrogen-bond donors (Lipinski definition) is 1. The molecule has 0 saturated heterocycles. The smallest absolute Gasteiger partial charge is 0.258 e. The number of nitrogens with zero attached hydrogens (tertiary/aromatic N) is 2. The normalized spacial score (nSPS) is 10.2. The predicted molar refractivity (Wildman–Crippen MR) is 82.3 cm³/mol. The molecule has 0 bridgehead atoms. The molecule has 1 amide bonds. The minimum Gasteiger partial charge on any atom is -0.373 e. The lowest BCUT2D eigenvalue weighted by atomic mass is 10.1. The van der Waals surface area contributed by atoms with E-state index in [-0.39, 0.29) is 5.91 Å². The van der Waals surface area contributed by atoms with Gasteiger partial charge in [0.2, 0.25) is 0 Å². The van der Waals surface area contributed by atoms with E-state index in [0.717, 1.165) is 17.8 Å². The fourth-order valence-electron chi connectivity index (χ4n) is 1.98. The first-order valence-corrected chi connectivity index (χ1v) is 6.67. The molecular formula is C16H19N3O. The van der Waals surface area contributed by atoms with Gasteiger partial charge in [0.15, 0.2) is 0 Å². The molecule has 20 heavy (non-hydrogen) atoms. The van der Waals surface area contributed by atoms with Crippen molar-refractivity contribution < 1.29 is 4.79 Å². The Hall–Kier alpha value is -2.36. The minimum atomic E-state index is -0.0372. The van der Waals surface area contributed by atoms with Gasteiger partial charge >= 0.3 is 0 Å². The number of rotatable bonds is 4. The molecule has 1 N–H and O–H groups in total. The quantitative estimate of drug-likeness (QED) is 0.928. The average molecular weight is 269 g/mol. The highest BCUT2D eigenvalue weighted by atomic mass is 16.2. The second-order valence-electron chi connectivity index (χ2n) is 4.54. The third-order valence-electron chi connectivity index (χ3n) is 3.19. The van der Waals surface area contributed by atoms with E-state index in [2.05, 4.69) is 10.3 Å². The maximum absolute atomic E-state index is 12.6. The highest BCUT2D eigenvalue weighted by Crippen LogP contribution is 2.17. The van der Waals surface area contributed by atoms with Gasteiger partial charge in [-0.1, -0.05) is 25.1 Å². The molecule has 104 valence electrons. The molecule has 0 saturated carbocycles. The zero-order valence-electron chi connectivity index (χ0n) is 12.1. The van der Waals surface area contributed by atoms with Crippen LogP contribution in [-0.2, 0) is 6.42 Å². The van der Waals surface area contributed by atoms with Gasteiger partial charge in [0.1, 0.15) is 5.82 Å². The number of anilines is 2. The van der Waals surface area contributed by atoms with Gasteiger partial charge in [-0.3, -0.25) is 4.79 Å². The molecule has 2 aromatic rings. The second-order valence-corrected chi connectivity index (χ2v) is 4.54. The van der Waals surface area contributed by atoms with E-state index in [9.17, 15) is 4.79 Å². The zero-order valence-corrected chi connectivity index (χ0v) is 12.1. The van der Waals surface area contributed by atoms with Crippen molar-refractivity contribution in [1.82, 2.24) is 4.98 Å². The first-order valence-electron chi connectivity index (χ1n) is 6.67. The molecule has 4 nitrogen and oxygen atoms in total. The highest BCUT2D eigenvalue weighted by Gasteiger charge is 2.15. The van der Waals surface area contributed by atoms with Gasteiger partial charge in [-0.25, -0.2) is 4.98 Å². The molecule has 0 radical (unpaired) electrons. The maximum Gasteiger partial charge on any atom is 0.258 e. The first-order chi connectivity index (χ1) is 9.65. The highest BCUT2D eigenvalue weighted by molar-refractivity contribution is 6.06. The van der Waals surface area contributed by atoms with Crippen LogP contribution in [0.25, 0.3) is 0 Å². The molecule has 0 aliphatic heterocycles. The molecule has 0 atom stereocenters. The first kappa shape index (κ1) is 14.1. The van der Waals surface area contributed by atoms with E-state index in [1.54, 1.807) is 25.1 Å². The number of carbonyl (C=O) groups excluding carboxylic acids is 1. The average Bonchev–Trinajstić information content (AvgIpc) is 2.53. The van der Waals surface area contributed by atoms with Gasteiger partial charge in [0.05, 0.1) is 0 Å². The fourth-order valence-corrected chi connectivity index (χ4v) is 1.98. The van der Waals surface area contributed by atoms with Crippen LogP contribution in [0.3, 0.4) is 0 Å². The number of hydrogen-bond acceptors (Lipinski definition) is 3. The summed E-state index contributed by atoms with van der Waals surface area (Å²) in [5.74, 6) is 0.680. The van der Waals surface area contributed by atoms with E-state index in [4.69, 9.17) is 0 Å². The van der Waals surface area contributed by atoms with Gasteiger partial charge in [0, 0.05) is 31.0 Å². The monoisotopic (exact) mass is 269 g/mol. The van der Waals surface area contributed by atoms with Gasteiger partial charge in [0.25, 0.3) is 5.91 Å². The lowest BCUT2D eigenvalue weighted by Crippen LogP contribution is -2.26. The van der Waals surface area contributed by atoms with Crippen LogP contribution in [0.15, 0.2) is 42.5 Å². The number of para-hydroxylation sites is 1. The summed E-state index contributed by atoms with van der Waals surface area (Å²) in [6.07, 6.45) is 0.796. The summed E-state index contributed by atoms with van der Waals surface area (Å²) in [5, 5.41) is 2.99. The summed E-state index contributed by atoms with van der Waals surface area (Å²) in [6, 6.07) is 13.2. The lowest BCUT2D eigenvalue weighted by molar-refractivity contribution is 0.0993. The Kier molecular flexibility index (Phi) is 4.35. The molecule has 1 aromatic heterocycles. The Bertz CT molecular complexity index is 574. The third-order valence-corrected chi connectivity index (χ3v) is 3.19. The molecule has 0 aliphatic rings. The lowest BCUT2D eigenvalue weighted by Gasteiger charge is -2.18. The van der Waals surface area contributed by atoms with Crippen molar-refractivity contribution >= 4 is 17.4 Å². The molecule has 1 aromatic carbocycles. The standard InChI is InChI=1S/C16H19N3O/c1-4-13-10-12(11-15(17-2)18-13)16(20)19(3)14-8-6-5-7-9-14/h5-11H,4H2,1-3H3,(H,17,18). The van der Waals surface area contributed by atoms with Crippen molar-refractivity contribution in [3.05, 3.63) is 53.7 Å². The fraction of sp³-hybridized carbons (Fsp3) is 0.250. The SMILES string of the molecule is CCc1cc(C(=O)N(C)c2ccccc2)cc(NC)n1. The van der Waals surface area contributed by atoms with Gasteiger partial charge < -0.3 is 10.2 Å². The van der Waals surface area contributed by atoms with Gasteiger partial charge in [-0.15, -0.1) is 0 Å². The molecule has 0 spiro atoms. The van der Waals surface area contributed by atoms with Crippen LogP contribution in [0.1, 0.15) is 23.0 Å². The third kappa shape index (κ3) is 2.96. The molecule has 0 aliphatic carbocycles. The Morgan fingerprint density at radius 2 is 1.95 bits per heavy atom. The van der Waals surface area contributed by atoms with Crippen molar-refractivity contribution in [2.75, 3.05) is 24.3 Å². The summed E-state index contributed by atoms with van der Waals surface area (Å²) >= 11 is 0. The maximum atomic E-state index is 12.6. The Labute approximate surface area is 119 Å². The second kappa shape index (κ2) is 6.19. The van der Waals surface area contributed by atoms with Gasteiger partial charge in [-0.2, -0.15) is 0 Å². The number of carbonyl (C=O) groups is 1. The Morgan fingerprint density at radius 3 is 2.55 bits per heavy atom. The number of nitrogens with one attached hydrogen (secondary N) is 1. The van der Waals surface area contributed by atoms with Crippen LogP contribution in [-0.4, -0.2) is 25.0 Å². The molecule has 4 heteroatoms. The Balaban J connectivity index is 2.33. The van der Waals surface area contributed by atoms with Crippen LogP contribution < -0.4 is 10.2 Å². The minimum absolute atomic E-state index is 0.0372.